The van der Waals surface area contributed by atoms with Crippen LogP contribution in [0.3, 0.4) is 0 Å². The van der Waals surface area contributed by atoms with Crippen LogP contribution < -0.4 is 5.32 Å². The topological polar surface area (TPSA) is 91.2 Å². The van der Waals surface area contributed by atoms with Gasteiger partial charge in [-0.1, -0.05) is 30.3 Å². The molecule has 2 heterocycles. The lowest BCUT2D eigenvalue weighted by Gasteiger charge is -2.13. The normalized spacial score (nSPS) is 15.5. The minimum atomic E-state index is -0.459. The number of imide groups is 1. The second-order valence-corrected chi connectivity index (χ2v) is 7.65. The van der Waals surface area contributed by atoms with Gasteiger partial charge in [0.2, 0.25) is 0 Å². The molecule has 2 aromatic rings. The van der Waals surface area contributed by atoms with Crippen LogP contribution in [0, 0.1) is 12.3 Å². The number of benzene rings is 2. The van der Waals surface area contributed by atoms with Crippen LogP contribution in [0.2, 0.25) is 0 Å². The lowest BCUT2D eigenvalue weighted by atomic mass is 10.0. The third-order valence-electron chi connectivity index (χ3n) is 5.56. The van der Waals surface area contributed by atoms with Crippen molar-refractivity contribution >= 4 is 17.7 Å². The molecular formula is C24H22N4O3. The Bertz CT molecular complexity index is 1100. The second kappa shape index (κ2) is 8.52. The van der Waals surface area contributed by atoms with Crippen molar-refractivity contribution in [1.29, 1.82) is 0 Å². The van der Waals surface area contributed by atoms with E-state index in [2.05, 4.69) is 21.5 Å². The Balaban J connectivity index is 1.36. The number of terminal acetylenes is 1. The van der Waals surface area contributed by atoms with Gasteiger partial charge in [0.05, 0.1) is 11.1 Å². The molecule has 7 heteroatoms. The summed E-state index contributed by atoms with van der Waals surface area (Å²) in [5.74, 6) is 1.57. The molecule has 7 nitrogen and oxygen atoms in total. The first kappa shape index (κ1) is 20.5. The molecule has 2 aliphatic rings. The van der Waals surface area contributed by atoms with E-state index >= 15 is 0 Å². The van der Waals surface area contributed by atoms with Crippen LogP contribution in [0.25, 0.3) is 0 Å². The molecule has 0 aliphatic carbocycles. The number of nitrogens with one attached hydrogen (secondary N) is 1. The van der Waals surface area contributed by atoms with Crippen LogP contribution in [-0.4, -0.2) is 41.4 Å². The van der Waals surface area contributed by atoms with E-state index in [0.717, 1.165) is 5.56 Å². The maximum atomic E-state index is 12.8. The molecule has 0 saturated heterocycles. The highest BCUT2D eigenvalue weighted by Gasteiger charge is 2.39. The van der Waals surface area contributed by atoms with Gasteiger partial charge in [0, 0.05) is 37.9 Å². The van der Waals surface area contributed by atoms with E-state index in [-0.39, 0.29) is 23.3 Å². The van der Waals surface area contributed by atoms with E-state index in [0.29, 0.717) is 49.9 Å². The molecule has 0 atom stereocenters. The number of fused-ring (bicyclic) bond motifs is 1. The fourth-order valence-corrected chi connectivity index (χ4v) is 3.67. The summed E-state index contributed by atoms with van der Waals surface area (Å²) in [4.78, 5) is 39.2. The summed E-state index contributed by atoms with van der Waals surface area (Å²) in [6.45, 7) is 0.689. The standard InChI is InChI=1S/C24H22N4O3/c1-2-3-12-24(26-27-24)13-14-25-21(29)18-9-10-19-20(16-18)23(31)28(22(19)30)15-11-17-7-5-4-6-8-17/h1,4-10,16H,3,11-15H2,(H,25,29). The number of amides is 3. The molecule has 0 unspecified atom stereocenters. The molecular weight excluding hydrogens is 392 g/mol. The van der Waals surface area contributed by atoms with E-state index < -0.39 is 5.66 Å². The highest BCUT2D eigenvalue weighted by atomic mass is 16.2. The largest absolute Gasteiger partial charge is 0.352 e. The predicted molar refractivity (Wildman–Crippen MR) is 115 cm³/mol. The van der Waals surface area contributed by atoms with Crippen molar-refractivity contribution < 1.29 is 14.4 Å². The maximum Gasteiger partial charge on any atom is 0.261 e. The van der Waals surface area contributed by atoms with Crippen LogP contribution in [-0.2, 0) is 6.42 Å². The summed E-state index contributed by atoms with van der Waals surface area (Å²) in [7, 11) is 0. The van der Waals surface area contributed by atoms with Crippen molar-refractivity contribution in [2.45, 2.75) is 31.3 Å². The Hall–Kier alpha value is -3.79. The van der Waals surface area contributed by atoms with Crippen molar-refractivity contribution in [3.8, 4) is 12.3 Å². The van der Waals surface area contributed by atoms with E-state index in [1.165, 1.54) is 11.0 Å². The molecule has 0 spiro atoms. The minimum absolute atomic E-state index is 0.267. The monoisotopic (exact) mass is 414 g/mol. The molecule has 3 amide bonds. The van der Waals surface area contributed by atoms with E-state index in [1.807, 2.05) is 30.3 Å². The molecule has 0 fully saturated rings. The van der Waals surface area contributed by atoms with E-state index in [1.54, 1.807) is 12.1 Å². The fourth-order valence-electron chi connectivity index (χ4n) is 3.67. The van der Waals surface area contributed by atoms with Gasteiger partial charge in [0.15, 0.2) is 5.66 Å². The zero-order valence-electron chi connectivity index (χ0n) is 17.0. The molecule has 0 radical (unpaired) electrons. The molecule has 4 rings (SSSR count). The molecule has 31 heavy (non-hydrogen) atoms. The summed E-state index contributed by atoms with van der Waals surface area (Å²) in [5, 5.41) is 10.9. The van der Waals surface area contributed by atoms with Gasteiger partial charge in [-0.05, 0) is 30.2 Å². The third-order valence-corrected chi connectivity index (χ3v) is 5.56. The van der Waals surface area contributed by atoms with Crippen LogP contribution >= 0.6 is 0 Å². The SMILES string of the molecule is C#CCCC1(CCNC(=O)c2ccc3c(c2)C(=O)N(CCc2ccccc2)C3=O)N=N1. The Morgan fingerprint density at radius 2 is 1.77 bits per heavy atom. The highest BCUT2D eigenvalue weighted by Crippen LogP contribution is 2.36. The molecule has 0 bridgehead atoms. The molecule has 2 aliphatic heterocycles. The smallest absolute Gasteiger partial charge is 0.261 e. The summed E-state index contributed by atoms with van der Waals surface area (Å²) in [6.07, 6.45) is 7.70. The first-order valence-corrected chi connectivity index (χ1v) is 10.2. The number of carbonyl (C=O) groups excluding carboxylic acids is 3. The van der Waals surface area contributed by atoms with Crippen LogP contribution in [0.5, 0.6) is 0 Å². The number of hydrogen-bond donors (Lipinski definition) is 1. The van der Waals surface area contributed by atoms with Gasteiger partial charge in [-0.3, -0.25) is 19.3 Å². The quantitative estimate of drug-likeness (QED) is 0.504. The van der Waals surface area contributed by atoms with Crippen molar-refractivity contribution in [2.75, 3.05) is 13.1 Å². The summed E-state index contributed by atoms with van der Waals surface area (Å²) < 4.78 is 0. The fraction of sp³-hybridized carbons (Fsp3) is 0.292. The van der Waals surface area contributed by atoms with Gasteiger partial charge >= 0.3 is 0 Å². The summed E-state index contributed by atoms with van der Waals surface area (Å²) in [5.41, 5.74) is 1.53. The average Bonchev–Trinajstić information content (AvgIpc) is 3.52. The lowest BCUT2D eigenvalue weighted by Crippen LogP contribution is -2.31. The number of nitrogens with zero attached hydrogens (tertiary/aromatic N) is 3. The zero-order valence-corrected chi connectivity index (χ0v) is 17.0. The third kappa shape index (κ3) is 4.38. The summed E-state index contributed by atoms with van der Waals surface area (Å²) in [6, 6.07) is 14.3. The van der Waals surface area contributed by atoms with Gasteiger partial charge < -0.3 is 5.32 Å². The number of hydrogen-bond acceptors (Lipinski definition) is 5. The average molecular weight is 414 g/mol. The molecule has 0 saturated carbocycles. The second-order valence-electron chi connectivity index (χ2n) is 7.65. The van der Waals surface area contributed by atoms with Gasteiger partial charge in [-0.15, -0.1) is 12.3 Å². The molecule has 1 N–H and O–H groups in total. The van der Waals surface area contributed by atoms with Crippen LogP contribution in [0.4, 0.5) is 0 Å². The van der Waals surface area contributed by atoms with E-state index in [4.69, 9.17) is 6.42 Å². The van der Waals surface area contributed by atoms with Crippen LogP contribution in [0.1, 0.15) is 55.9 Å². The zero-order chi connectivity index (χ0) is 21.8. The van der Waals surface area contributed by atoms with Gasteiger partial charge in [0.1, 0.15) is 0 Å². The Morgan fingerprint density at radius 1 is 1.03 bits per heavy atom. The summed E-state index contributed by atoms with van der Waals surface area (Å²) >= 11 is 0. The molecule has 2 aromatic carbocycles. The molecule has 156 valence electrons. The van der Waals surface area contributed by atoms with Crippen LogP contribution in [0.15, 0.2) is 58.8 Å². The number of rotatable bonds is 9. The first-order chi connectivity index (χ1) is 15.0. The van der Waals surface area contributed by atoms with Crippen molar-refractivity contribution in [3.05, 3.63) is 70.8 Å². The molecule has 0 aromatic heterocycles. The van der Waals surface area contributed by atoms with Crippen molar-refractivity contribution in [1.82, 2.24) is 10.2 Å². The van der Waals surface area contributed by atoms with E-state index in [9.17, 15) is 14.4 Å². The minimum Gasteiger partial charge on any atom is -0.352 e. The van der Waals surface area contributed by atoms with Crippen molar-refractivity contribution in [2.24, 2.45) is 10.2 Å². The Labute approximate surface area is 180 Å². The highest BCUT2D eigenvalue weighted by molar-refractivity contribution is 6.22. The van der Waals surface area contributed by atoms with Crippen molar-refractivity contribution in [3.63, 3.8) is 0 Å². The van der Waals surface area contributed by atoms with Gasteiger partial charge in [0.25, 0.3) is 17.7 Å². The lowest BCUT2D eigenvalue weighted by molar-refractivity contribution is 0.0656. The first-order valence-electron chi connectivity index (χ1n) is 10.2. The predicted octanol–water partition coefficient (Wildman–Crippen LogP) is 3.22. The Kier molecular flexibility index (Phi) is 5.63. The number of carbonyl (C=O) groups is 3. The Morgan fingerprint density at radius 3 is 2.48 bits per heavy atom. The van der Waals surface area contributed by atoms with Gasteiger partial charge in [-0.25, -0.2) is 0 Å². The maximum absolute atomic E-state index is 12.8. The van der Waals surface area contributed by atoms with Gasteiger partial charge in [-0.2, -0.15) is 10.2 Å².